The number of rotatable bonds is 6. The highest BCUT2D eigenvalue weighted by molar-refractivity contribution is 7.99. The minimum Gasteiger partial charge on any atom is -0.507 e. The monoisotopic (exact) mass is 268 g/mol. The number of phenolic OH excluding ortho intramolecular Hbond substituents is 1. The summed E-state index contributed by atoms with van der Waals surface area (Å²) >= 11 is 1.88. The smallest absolute Gasteiger partial charge is 0.130 e. The summed E-state index contributed by atoms with van der Waals surface area (Å²) in [6, 6.07) is 3.52. The van der Waals surface area contributed by atoms with Crippen LogP contribution in [0.1, 0.15) is 30.6 Å². The first-order valence-corrected chi connectivity index (χ1v) is 7.32. The van der Waals surface area contributed by atoms with Gasteiger partial charge in [0.15, 0.2) is 0 Å². The molecule has 1 aromatic rings. The highest BCUT2D eigenvalue weighted by Crippen LogP contribution is 2.54. The van der Waals surface area contributed by atoms with E-state index in [0.717, 1.165) is 17.1 Å². The molecule has 4 heteroatoms. The molecule has 1 aliphatic carbocycles. The van der Waals surface area contributed by atoms with Crippen LogP contribution >= 0.6 is 11.8 Å². The second-order valence-electron chi connectivity index (χ2n) is 4.48. The van der Waals surface area contributed by atoms with Crippen molar-refractivity contribution in [3.05, 3.63) is 17.7 Å². The van der Waals surface area contributed by atoms with Gasteiger partial charge >= 0.3 is 0 Å². The summed E-state index contributed by atoms with van der Waals surface area (Å²) in [6.07, 6.45) is 2.48. The van der Waals surface area contributed by atoms with E-state index in [-0.39, 0.29) is 5.75 Å². The summed E-state index contributed by atoms with van der Waals surface area (Å²) < 4.78 is 10.6. The predicted molar refractivity (Wildman–Crippen MR) is 74.8 cm³/mol. The molecular formula is C14H20O3S. The lowest BCUT2D eigenvalue weighted by Crippen LogP contribution is -2.02. The first-order valence-electron chi connectivity index (χ1n) is 6.27. The van der Waals surface area contributed by atoms with Crippen LogP contribution in [0.15, 0.2) is 12.1 Å². The molecular weight excluding hydrogens is 248 g/mol. The lowest BCUT2D eigenvalue weighted by molar-refractivity contribution is 0.378. The molecule has 1 unspecified atom stereocenters. The summed E-state index contributed by atoms with van der Waals surface area (Å²) in [5, 5.41) is 10.6. The molecule has 2 rings (SSSR count). The summed E-state index contributed by atoms with van der Waals surface area (Å²) in [5.41, 5.74) is 0.924. The first-order chi connectivity index (χ1) is 8.71. The topological polar surface area (TPSA) is 38.7 Å². The van der Waals surface area contributed by atoms with Gasteiger partial charge in [-0.25, -0.2) is 0 Å². The highest BCUT2D eigenvalue weighted by Gasteiger charge is 2.35. The molecule has 0 radical (unpaired) electrons. The number of hydrogen-bond donors (Lipinski definition) is 1. The Morgan fingerprint density at radius 3 is 2.56 bits per heavy atom. The first kappa shape index (κ1) is 13.4. The van der Waals surface area contributed by atoms with E-state index in [1.807, 2.05) is 17.8 Å². The summed E-state index contributed by atoms with van der Waals surface area (Å²) in [6.45, 7) is 2.15. The Morgan fingerprint density at radius 1 is 1.33 bits per heavy atom. The molecule has 0 aromatic heterocycles. The van der Waals surface area contributed by atoms with Crippen molar-refractivity contribution in [1.29, 1.82) is 0 Å². The normalized spacial score (nSPS) is 16.4. The van der Waals surface area contributed by atoms with E-state index in [9.17, 15) is 5.11 Å². The number of aromatic hydroxyl groups is 1. The SMILES string of the molecule is CCSC(c1c(O)cc(OC)cc1OC)C1CC1. The van der Waals surface area contributed by atoms with Crippen molar-refractivity contribution in [2.24, 2.45) is 5.92 Å². The van der Waals surface area contributed by atoms with E-state index >= 15 is 0 Å². The zero-order valence-electron chi connectivity index (χ0n) is 11.1. The molecule has 1 atom stereocenters. The largest absolute Gasteiger partial charge is 0.507 e. The summed E-state index contributed by atoms with van der Waals surface area (Å²) in [7, 11) is 3.23. The summed E-state index contributed by atoms with van der Waals surface area (Å²) in [4.78, 5) is 0. The fourth-order valence-corrected chi connectivity index (χ4v) is 3.50. The van der Waals surface area contributed by atoms with Gasteiger partial charge in [0.1, 0.15) is 17.2 Å². The van der Waals surface area contributed by atoms with Crippen LogP contribution in [0.25, 0.3) is 0 Å². The molecule has 3 nitrogen and oxygen atoms in total. The molecule has 1 fully saturated rings. The standard InChI is InChI=1S/C14H20O3S/c1-4-18-14(9-5-6-9)13-11(15)7-10(16-2)8-12(13)17-3/h7-9,14-15H,4-6H2,1-3H3. The molecule has 1 saturated carbocycles. The van der Waals surface area contributed by atoms with Gasteiger partial charge in [-0.05, 0) is 24.5 Å². The Kier molecular flexibility index (Phi) is 4.27. The Morgan fingerprint density at radius 2 is 2.06 bits per heavy atom. The van der Waals surface area contributed by atoms with Crippen LogP contribution in [0.3, 0.4) is 0 Å². The maximum atomic E-state index is 10.2. The zero-order chi connectivity index (χ0) is 13.1. The number of thioether (sulfide) groups is 1. The van der Waals surface area contributed by atoms with Gasteiger partial charge in [0.05, 0.1) is 14.2 Å². The van der Waals surface area contributed by atoms with E-state index in [2.05, 4.69) is 6.92 Å². The lowest BCUT2D eigenvalue weighted by Gasteiger charge is -2.20. The molecule has 1 aromatic carbocycles. The maximum absolute atomic E-state index is 10.2. The minimum absolute atomic E-state index is 0.282. The van der Waals surface area contributed by atoms with Crippen LogP contribution in [0.4, 0.5) is 0 Å². The van der Waals surface area contributed by atoms with Crippen LogP contribution < -0.4 is 9.47 Å². The average Bonchev–Trinajstić information content (AvgIpc) is 3.19. The van der Waals surface area contributed by atoms with Gasteiger partial charge < -0.3 is 14.6 Å². The van der Waals surface area contributed by atoms with E-state index in [0.29, 0.717) is 16.9 Å². The molecule has 1 N–H and O–H groups in total. The lowest BCUT2D eigenvalue weighted by atomic mass is 10.1. The third-order valence-corrected chi connectivity index (χ3v) is 4.54. The Hall–Kier alpha value is -1.03. The van der Waals surface area contributed by atoms with Gasteiger partial charge in [-0.1, -0.05) is 6.92 Å². The van der Waals surface area contributed by atoms with Gasteiger partial charge in [-0.15, -0.1) is 0 Å². The Bertz CT molecular complexity index is 416. The number of hydrogen-bond acceptors (Lipinski definition) is 4. The third kappa shape index (κ3) is 2.69. The summed E-state index contributed by atoms with van der Waals surface area (Å²) in [5.74, 6) is 3.34. The molecule has 100 valence electrons. The van der Waals surface area contributed by atoms with Crippen molar-refractivity contribution in [3.8, 4) is 17.2 Å². The second kappa shape index (κ2) is 5.74. The van der Waals surface area contributed by atoms with Crippen LogP contribution in [0.5, 0.6) is 17.2 Å². The van der Waals surface area contributed by atoms with Crippen molar-refractivity contribution >= 4 is 11.8 Å². The number of benzene rings is 1. The molecule has 18 heavy (non-hydrogen) atoms. The fraction of sp³-hybridized carbons (Fsp3) is 0.571. The van der Waals surface area contributed by atoms with Crippen LogP contribution in [-0.2, 0) is 0 Å². The van der Waals surface area contributed by atoms with Gasteiger partial charge in [0.2, 0.25) is 0 Å². The Balaban J connectivity index is 2.40. The number of ether oxygens (including phenoxy) is 2. The predicted octanol–water partition coefficient (Wildman–Crippen LogP) is 3.61. The van der Waals surface area contributed by atoms with Crippen LogP contribution in [0.2, 0.25) is 0 Å². The van der Waals surface area contributed by atoms with Crippen LogP contribution in [0, 0.1) is 5.92 Å². The molecule has 0 aliphatic heterocycles. The van der Waals surface area contributed by atoms with E-state index in [4.69, 9.17) is 9.47 Å². The third-order valence-electron chi connectivity index (χ3n) is 3.23. The second-order valence-corrected chi connectivity index (χ2v) is 5.89. The molecule has 1 aliphatic rings. The molecule has 0 bridgehead atoms. The van der Waals surface area contributed by atoms with Crippen molar-refractivity contribution in [2.45, 2.75) is 25.0 Å². The van der Waals surface area contributed by atoms with Gasteiger partial charge in [-0.2, -0.15) is 11.8 Å². The highest BCUT2D eigenvalue weighted by atomic mass is 32.2. The van der Waals surface area contributed by atoms with E-state index in [1.165, 1.54) is 12.8 Å². The van der Waals surface area contributed by atoms with Gasteiger partial charge in [0, 0.05) is 22.9 Å². The average molecular weight is 268 g/mol. The van der Waals surface area contributed by atoms with Gasteiger partial charge in [0.25, 0.3) is 0 Å². The van der Waals surface area contributed by atoms with Gasteiger partial charge in [-0.3, -0.25) is 0 Å². The quantitative estimate of drug-likeness (QED) is 0.855. The van der Waals surface area contributed by atoms with Crippen molar-refractivity contribution in [2.75, 3.05) is 20.0 Å². The molecule has 0 saturated heterocycles. The van der Waals surface area contributed by atoms with Crippen LogP contribution in [-0.4, -0.2) is 25.1 Å². The fourth-order valence-electron chi connectivity index (χ4n) is 2.19. The van der Waals surface area contributed by atoms with Crippen molar-refractivity contribution in [1.82, 2.24) is 0 Å². The van der Waals surface area contributed by atoms with E-state index < -0.39 is 0 Å². The molecule has 0 spiro atoms. The van der Waals surface area contributed by atoms with E-state index in [1.54, 1.807) is 20.3 Å². The Labute approximate surface area is 112 Å². The minimum atomic E-state index is 0.282. The number of phenols is 1. The molecule has 0 amide bonds. The molecule has 0 heterocycles. The number of methoxy groups -OCH3 is 2. The zero-order valence-corrected chi connectivity index (χ0v) is 11.9. The van der Waals surface area contributed by atoms with Crippen molar-refractivity contribution < 1.29 is 14.6 Å². The van der Waals surface area contributed by atoms with Crippen molar-refractivity contribution in [3.63, 3.8) is 0 Å². The maximum Gasteiger partial charge on any atom is 0.130 e.